The minimum Gasteiger partial charge on any atom is -0.207 e. The van der Waals surface area contributed by atoms with Crippen LogP contribution in [0.2, 0.25) is 0 Å². The third-order valence-electron chi connectivity index (χ3n) is 5.93. The van der Waals surface area contributed by atoms with Gasteiger partial charge in [0.2, 0.25) is 10.0 Å². The summed E-state index contributed by atoms with van der Waals surface area (Å²) in [6.07, 6.45) is 0. The van der Waals surface area contributed by atoms with E-state index in [-0.39, 0.29) is 0 Å². The Morgan fingerprint density at radius 3 is 1.31 bits per heavy atom. The van der Waals surface area contributed by atoms with Gasteiger partial charge in [0.05, 0.1) is 4.90 Å². The van der Waals surface area contributed by atoms with Crippen LogP contribution < -0.4 is 0 Å². The largest absolute Gasteiger partial charge is 0.244 e. The van der Waals surface area contributed by atoms with Gasteiger partial charge in [0.15, 0.2) is 0 Å². The van der Waals surface area contributed by atoms with Gasteiger partial charge >= 0.3 is 0 Å². The quantitative estimate of drug-likeness (QED) is 0.532. The average molecular weight is 408 g/mol. The maximum atomic E-state index is 13.9. The second kappa shape index (κ2) is 8.52. The van der Waals surface area contributed by atoms with Crippen LogP contribution in [0.3, 0.4) is 0 Å². The Kier molecular flexibility index (Phi) is 6.25. The van der Waals surface area contributed by atoms with Crippen LogP contribution in [0, 0.1) is 34.6 Å². The van der Waals surface area contributed by atoms with Crippen LogP contribution >= 0.6 is 0 Å². The summed E-state index contributed by atoms with van der Waals surface area (Å²) in [5.41, 5.74) is 6.90. The summed E-state index contributed by atoms with van der Waals surface area (Å²) in [5, 5.41) is 0. The summed E-state index contributed by atoms with van der Waals surface area (Å²) in [4.78, 5) is 0.449. The highest BCUT2D eigenvalue weighted by molar-refractivity contribution is 7.89. The molecule has 0 N–H and O–H groups in total. The van der Waals surface area contributed by atoms with Gasteiger partial charge in [-0.1, -0.05) is 60.7 Å². The Morgan fingerprint density at radius 2 is 0.931 bits per heavy atom. The fourth-order valence-electron chi connectivity index (χ4n) is 3.78. The molecule has 0 aromatic heterocycles. The SMILES string of the molecule is Cc1c(C)c(C)c(S(=O)(=O)N(Cc2ccccc2)Cc2ccccc2)c(C)c1C. The maximum absolute atomic E-state index is 13.9. The van der Waals surface area contributed by atoms with Gasteiger partial charge in [-0.05, 0) is 73.6 Å². The fraction of sp³-hybridized carbons (Fsp3) is 0.280. The van der Waals surface area contributed by atoms with Crippen molar-refractivity contribution < 1.29 is 8.42 Å². The normalized spacial score (nSPS) is 11.8. The van der Waals surface area contributed by atoms with E-state index in [0.29, 0.717) is 18.0 Å². The van der Waals surface area contributed by atoms with Crippen LogP contribution in [0.1, 0.15) is 38.9 Å². The second-order valence-electron chi connectivity index (χ2n) is 7.70. The molecule has 0 unspecified atom stereocenters. The van der Waals surface area contributed by atoms with Crippen LogP contribution in [-0.2, 0) is 23.1 Å². The first kappa shape index (κ1) is 21.3. The molecular formula is C25H29NO2S. The highest BCUT2D eigenvalue weighted by Gasteiger charge is 2.30. The predicted octanol–water partition coefficient (Wildman–Crippen LogP) is 5.62. The van der Waals surface area contributed by atoms with Gasteiger partial charge in [0.25, 0.3) is 0 Å². The van der Waals surface area contributed by atoms with Crippen molar-refractivity contribution in [3.05, 3.63) is 99.6 Å². The van der Waals surface area contributed by atoms with E-state index in [1.165, 1.54) is 0 Å². The smallest absolute Gasteiger partial charge is 0.207 e. The van der Waals surface area contributed by atoms with Crippen molar-refractivity contribution in [1.82, 2.24) is 4.31 Å². The van der Waals surface area contributed by atoms with Crippen LogP contribution in [-0.4, -0.2) is 12.7 Å². The third kappa shape index (κ3) is 4.29. The van der Waals surface area contributed by atoms with Gasteiger partial charge in [-0.2, -0.15) is 4.31 Å². The van der Waals surface area contributed by atoms with E-state index in [1.807, 2.05) is 88.4 Å². The molecule has 4 heteroatoms. The molecule has 0 amide bonds. The van der Waals surface area contributed by atoms with Gasteiger partial charge in [0.1, 0.15) is 0 Å². The van der Waals surface area contributed by atoms with Crippen molar-refractivity contribution in [1.29, 1.82) is 0 Å². The molecule has 0 aliphatic carbocycles. The van der Waals surface area contributed by atoms with Gasteiger partial charge in [0, 0.05) is 13.1 Å². The van der Waals surface area contributed by atoms with E-state index < -0.39 is 10.0 Å². The minimum absolute atomic E-state index is 0.336. The molecule has 0 bridgehead atoms. The molecule has 29 heavy (non-hydrogen) atoms. The van der Waals surface area contributed by atoms with Crippen molar-refractivity contribution in [3.8, 4) is 0 Å². The molecule has 3 aromatic carbocycles. The zero-order valence-corrected chi connectivity index (χ0v) is 18.7. The molecule has 0 heterocycles. The Morgan fingerprint density at radius 1 is 0.586 bits per heavy atom. The molecule has 3 rings (SSSR count). The number of rotatable bonds is 6. The lowest BCUT2D eigenvalue weighted by Gasteiger charge is -2.26. The monoisotopic (exact) mass is 407 g/mol. The van der Waals surface area contributed by atoms with Gasteiger partial charge in [-0.25, -0.2) is 8.42 Å². The van der Waals surface area contributed by atoms with E-state index in [0.717, 1.165) is 38.9 Å². The van der Waals surface area contributed by atoms with Crippen molar-refractivity contribution in [3.63, 3.8) is 0 Å². The minimum atomic E-state index is -3.69. The van der Waals surface area contributed by atoms with Crippen molar-refractivity contribution in [2.24, 2.45) is 0 Å². The van der Waals surface area contributed by atoms with E-state index in [1.54, 1.807) is 4.31 Å². The molecule has 0 atom stereocenters. The molecule has 3 aromatic rings. The predicted molar refractivity (Wildman–Crippen MR) is 119 cm³/mol. The zero-order valence-electron chi connectivity index (χ0n) is 17.9. The topological polar surface area (TPSA) is 37.4 Å². The molecule has 0 spiro atoms. The van der Waals surface area contributed by atoms with Gasteiger partial charge < -0.3 is 0 Å². The lowest BCUT2D eigenvalue weighted by Crippen LogP contribution is -2.31. The molecule has 0 aliphatic heterocycles. The number of nitrogens with zero attached hydrogens (tertiary/aromatic N) is 1. The first-order chi connectivity index (χ1) is 13.7. The Labute approximate surface area is 175 Å². The van der Waals surface area contributed by atoms with Crippen LogP contribution in [0.5, 0.6) is 0 Å². The molecule has 0 saturated heterocycles. The number of benzene rings is 3. The van der Waals surface area contributed by atoms with Crippen molar-refractivity contribution in [2.75, 3.05) is 0 Å². The Hall–Kier alpha value is -2.43. The highest BCUT2D eigenvalue weighted by atomic mass is 32.2. The van der Waals surface area contributed by atoms with E-state index >= 15 is 0 Å². The summed E-state index contributed by atoms with van der Waals surface area (Å²) in [7, 11) is -3.69. The van der Waals surface area contributed by atoms with E-state index in [9.17, 15) is 8.42 Å². The Balaban J connectivity index is 2.14. The number of sulfonamides is 1. The molecule has 0 radical (unpaired) electrons. The van der Waals surface area contributed by atoms with Crippen molar-refractivity contribution in [2.45, 2.75) is 52.6 Å². The summed E-state index contributed by atoms with van der Waals surface area (Å²) >= 11 is 0. The van der Waals surface area contributed by atoms with E-state index in [4.69, 9.17) is 0 Å². The Bertz CT molecular complexity index is 1030. The first-order valence-electron chi connectivity index (χ1n) is 9.88. The van der Waals surface area contributed by atoms with Crippen molar-refractivity contribution >= 4 is 10.0 Å². The molecule has 0 aliphatic rings. The zero-order chi connectivity index (χ0) is 21.2. The van der Waals surface area contributed by atoms with E-state index in [2.05, 4.69) is 6.92 Å². The molecule has 3 nitrogen and oxygen atoms in total. The molecular weight excluding hydrogens is 378 g/mol. The first-order valence-corrected chi connectivity index (χ1v) is 11.3. The second-order valence-corrected chi connectivity index (χ2v) is 9.57. The third-order valence-corrected chi connectivity index (χ3v) is 8.00. The maximum Gasteiger partial charge on any atom is 0.244 e. The number of hydrogen-bond donors (Lipinski definition) is 0. The highest BCUT2D eigenvalue weighted by Crippen LogP contribution is 2.32. The molecule has 0 fully saturated rings. The lowest BCUT2D eigenvalue weighted by atomic mass is 9.95. The lowest BCUT2D eigenvalue weighted by molar-refractivity contribution is 0.400. The summed E-state index contributed by atoms with van der Waals surface area (Å²) in [5.74, 6) is 0. The van der Waals surface area contributed by atoms with Crippen LogP contribution in [0.15, 0.2) is 65.6 Å². The fourth-order valence-corrected chi connectivity index (χ4v) is 5.76. The summed E-state index contributed by atoms with van der Waals surface area (Å²) in [6.45, 7) is 10.6. The van der Waals surface area contributed by atoms with Gasteiger partial charge in [-0.15, -0.1) is 0 Å². The molecule has 0 saturated carbocycles. The van der Waals surface area contributed by atoms with Crippen LogP contribution in [0.25, 0.3) is 0 Å². The summed E-state index contributed by atoms with van der Waals surface area (Å²) in [6, 6.07) is 19.5. The standard InChI is InChI=1S/C25H29NO2S/c1-18-19(2)21(4)25(22(5)20(18)3)29(27,28)26(16-23-12-8-6-9-13-23)17-24-14-10-7-11-15-24/h6-15H,16-17H2,1-5H3. The molecule has 152 valence electrons. The van der Waals surface area contributed by atoms with Gasteiger partial charge in [-0.3, -0.25) is 0 Å². The number of hydrogen-bond acceptors (Lipinski definition) is 2. The average Bonchev–Trinajstić information content (AvgIpc) is 2.72. The van der Waals surface area contributed by atoms with Crippen LogP contribution in [0.4, 0.5) is 0 Å². The summed E-state index contributed by atoms with van der Waals surface area (Å²) < 4.78 is 29.4.